The molecule has 0 bridgehead atoms. The highest BCUT2D eigenvalue weighted by Crippen LogP contribution is 2.44. The van der Waals surface area contributed by atoms with Crippen LogP contribution in [0.4, 0.5) is 19.0 Å². The van der Waals surface area contributed by atoms with Crippen molar-refractivity contribution in [3.8, 4) is 0 Å². The molecule has 2 unspecified atom stereocenters. The lowest BCUT2D eigenvalue weighted by Gasteiger charge is -2.34. The highest BCUT2D eigenvalue weighted by molar-refractivity contribution is 6.00. The summed E-state index contributed by atoms with van der Waals surface area (Å²) in [6.45, 7) is 0. The number of aryl methyl sites for hydroxylation is 1. The molecule has 0 radical (unpaired) electrons. The Morgan fingerprint density at radius 3 is 2.26 bits per heavy atom. The molecule has 0 aliphatic carbocycles. The van der Waals surface area contributed by atoms with Crippen LogP contribution in [0.25, 0.3) is 21.5 Å². The molecule has 1 aromatic heterocycles. The van der Waals surface area contributed by atoms with Crippen LogP contribution in [0.5, 0.6) is 0 Å². The van der Waals surface area contributed by atoms with E-state index in [0.29, 0.717) is 12.8 Å². The SMILES string of the molecule is O=C(CCCc1ccc2ccccc2c1)c1cnn2c1NC(c1ccc3ccccc3c1)CC2C(F)(F)F. The van der Waals surface area contributed by atoms with Crippen LogP contribution < -0.4 is 5.32 Å². The highest BCUT2D eigenvalue weighted by Gasteiger charge is 2.47. The first kappa shape index (κ1) is 24.2. The largest absolute Gasteiger partial charge is 0.410 e. The van der Waals surface area contributed by atoms with Crippen molar-refractivity contribution in [1.82, 2.24) is 9.78 Å². The minimum Gasteiger partial charge on any atom is -0.363 e. The Morgan fingerprint density at radius 1 is 0.895 bits per heavy atom. The van der Waals surface area contributed by atoms with Crippen LogP contribution >= 0.6 is 0 Å². The summed E-state index contributed by atoms with van der Waals surface area (Å²) in [4.78, 5) is 13.2. The lowest BCUT2D eigenvalue weighted by Crippen LogP contribution is -2.36. The van der Waals surface area contributed by atoms with E-state index in [1.54, 1.807) is 0 Å². The van der Waals surface area contributed by atoms with Crippen molar-refractivity contribution in [1.29, 1.82) is 0 Å². The lowest BCUT2D eigenvalue weighted by molar-refractivity contribution is -0.173. The van der Waals surface area contributed by atoms with Crippen LogP contribution in [0.15, 0.2) is 91.1 Å². The number of halogens is 3. The Labute approximate surface area is 218 Å². The molecule has 1 aliphatic rings. The molecule has 192 valence electrons. The van der Waals surface area contributed by atoms with E-state index < -0.39 is 18.3 Å². The number of nitrogens with one attached hydrogen (secondary N) is 1. The Hall–Kier alpha value is -4.13. The van der Waals surface area contributed by atoms with Gasteiger partial charge < -0.3 is 5.32 Å². The second-order valence-corrected chi connectivity index (χ2v) is 9.91. The first-order valence-electron chi connectivity index (χ1n) is 12.8. The minimum absolute atomic E-state index is 0.146. The van der Waals surface area contributed by atoms with Crippen molar-refractivity contribution < 1.29 is 18.0 Å². The summed E-state index contributed by atoms with van der Waals surface area (Å²) in [6, 6.07) is 25.3. The maximum atomic E-state index is 14.1. The molecular formula is C31H26F3N3O. The number of carbonyl (C=O) groups excluding carboxylic acids is 1. The summed E-state index contributed by atoms with van der Waals surface area (Å²) >= 11 is 0. The van der Waals surface area contributed by atoms with E-state index in [4.69, 9.17) is 0 Å². The van der Waals surface area contributed by atoms with Gasteiger partial charge in [-0.25, -0.2) is 4.68 Å². The molecule has 6 rings (SSSR count). The number of fused-ring (bicyclic) bond motifs is 3. The average Bonchev–Trinajstić information content (AvgIpc) is 3.35. The Balaban J connectivity index is 1.23. The normalized spacial score (nSPS) is 17.3. The van der Waals surface area contributed by atoms with Crippen LogP contribution in [0.2, 0.25) is 0 Å². The number of aromatic nitrogens is 2. The van der Waals surface area contributed by atoms with Gasteiger partial charge in [0.25, 0.3) is 0 Å². The number of hydrogen-bond acceptors (Lipinski definition) is 3. The zero-order valence-electron chi connectivity index (χ0n) is 20.6. The monoisotopic (exact) mass is 513 g/mol. The number of rotatable bonds is 6. The second-order valence-electron chi connectivity index (χ2n) is 9.91. The second kappa shape index (κ2) is 9.63. The topological polar surface area (TPSA) is 46.9 Å². The molecule has 0 spiro atoms. The van der Waals surface area contributed by atoms with Gasteiger partial charge in [-0.1, -0.05) is 78.9 Å². The molecule has 0 fully saturated rings. The molecule has 0 saturated carbocycles. The fraction of sp³-hybridized carbons (Fsp3) is 0.226. The van der Waals surface area contributed by atoms with Crippen LogP contribution in [-0.4, -0.2) is 21.7 Å². The number of hydrogen-bond donors (Lipinski definition) is 1. The molecule has 1 aliphatic heterocycles. The summed E-state index contributed by atoms with van der Waals surface area (Å²) in [5.41, 5.74) is 2.09. The number of ketones is 1. The van der Waals surface area contributed by atoms with Gasteiger partial charge in [-0.15, -0.1) is 0 Å². The third-order valence-corrected chi connectivity index (χ3v) is 7.40. The first-order valence-corrected chi connectivity index (χ1v) is 12.8. The quantitative estimate of drug-likeness (QED) is 0.234. The van der Waals surface area contributed by atoms with Gasteiger partial charge in [-0.05, 0) is 51.6 Å². The van der Waals surface area contributed by atoms with Crippen LogP contribution in [0, 0.1) is 0 Å². The van der Waals surface area contributed by atoms with Gasteiger partial charge in [0.15, 0.2) is 11.8 Å². The summed E-state index contributed by atoms with van der Waals surface area (Å²) in [5, 5.41) is 11.5. The van der Waals surface area contributed by atoms with Gasteiger partial charge in [0.05, 0.1) is 17.8 Å². The fourth-order valence-corrected chi connectivity index (χ4v) is 5.39. The number of Topliss-reactive ketones (excluding diaryl/α,β-unsaturated/α-hetero) is 1. The van der Waals surface area contributed by atoms with Gasteiger partial charge in [0.1, 0.15) is 5.82 Å². The highest BCUT2D eigenvalue weighted by atomic mass is 19.4. The smallest absolute Gasteiger partial charge is 0.363 e. The lowest BCUT2D eigenvalue weighted by atomic mass is 9.94. The molecule has 38 heavy (non-hydrogen) atoms. The summed E-state index contributed by atoms with van der Waals surface area (Å²) in [6.07, 6.45) is -1.88. The molecular weight excluding hydrogens is 487 g/mol. The Morgan fingerprint density at radius 2 is 1.55 bits per heavy atom. The molecule has 2 heterocycles. The molecule has 7 heteroatoms. The van der Waals surface area contributed by atoms with Crippen LogP contribution in [-0.2, 0) is 6.42 Å². The van der Waals surface area contributed by atoms with Crippen molar-refractivity contribution in [2.24, 2.45) is 0 Å². The molecule has 5 aromatic rings. The molecule has 0 amide bonds. The maximum Gasteiger partial charge on any atom is 0.410 e. The summed E-state index contributed by atoms with van der Waals surface area (Å²) in [5.74, 6) is -0.0629. The minimum atomic E-state index is -4.49. The van der Waals surface area contributed by atoms with E-state index in [0.717, 1.165) is 37.4 Å². The molecule has 1 N–H and O–H groups in total. The van der Waals surface area contributed by atoms with Crippen molar-refractivity contribution in [2.75, 3.05) is 5.32 Å². The van der Waals surface area contributed by atoms with Crippen molar-refractivity contribution in [2.45, 2.75) is 43.9 Å². The zero-order chi connectivity index (χ0) is 26.3. The standard InChI is InChI=1S/C31H26F3N3O/c32-31(33,34)29-18-27(25-15-14-22-8-2-4-10-24(22)17-25)36-30-26(19-35-37(29)30)28(38)11-5-6-20-12-13-21-7-1-3-9-23(21)16-20/h1-4,7-10,12-17,19,27,29,36H,5-6,11,18H2. The number of carbonyl (C=O) groups is 1. The zero-order valence-corrected chi connectivity index (χ0v) is 20.6. The predicted octanol–water partition coefficient (Wildman–Crippen LogP) is 8.06. The number of anilines is 1. The molecule has 0 saturated heterocycles. The molecule has 4 nitrogen and oxygen atoms in total. The van der Waals surface area contributed by atoms with E-state index in [9.17, 15) is 18.0 Å². The van der Waals surface area contributed by atoms with Crippen molar-refractivity contribution in [3.05, 3.63) is 108 Å². The van der Waals surface area contributed by atoms with E-state index in [2.05, 4.69) is 40.7 Å². The number of nitrogens with zero attached hydrogens (tertiary/aromatic N) is 2. The van der Waals surface area contributed by atoms with E-state index in [-0.39, 0.29) is 30.0 Å². The maximum absolute atomic E-state index is 14.1. The van der Waals surface area contributed by atoms with Crippen LogP contribution in [0.1, 0.15) is 52.8 Å². The predicted molar refractivity (Wildman–Crippen MR) is 143 cm³/mol. The van der Waals surface area contributed by atoms with Gasteiger partial charge >= 0.3 is 6.18 Å². The van der Waals surface area contributed by atoms with E-state index >= 15 is 0 Å². The average molecular weight is 514 g/mol. The third-order valence-electron chi connectivity index (χ3n) is 7.40. The number of benzene rings is 4. The molecule has 4 aromatic carbocycles. The number of alkyl halides is 3. The third kappa shape index (κ3) is 4.64. The fourth-order valence-electron chi connectivity index (χ4n) is 5.39. The Kier molecular flexibility index (Phi) is 6.14. The summed E-state index contributed by atoms with van der Waals surface area (Å²) < 4.78 is 43.2. The van der Waals surface area contributed by atoms with E-state index in [1.165, 1.54) is 6.20 Å². The Bertz CT molecular complexity index is 1640. The molecule has 2 atom stereocenters. The van der Waals surface area contributed by atoms with Crippen molar-refractivity contribution >= 4 is 33.1 Å². The van der Waals surface area contributed by atoms with Gasteiger partial charge in [0, 0.05) is 12.8 Å². The van der Waals surface area contributed by atoms with Crippen LogP contribution in [0.3, 0.4) is 0 Å². The summed E-state index contributed by atoms with van der Waals surface area (Å²) in [7, 11) is 0. The van der Waals surface area contributed by atoms with Gasteiger partial charge in [0.2, 0.25) is 0 Å². The first-order chi connectivity index (χ1) is 18.4. The van der Waals surface area contributed by atoms with Gasteiger partial charge in [-0.3, -0.25) is 4.79 Å². The van der Waals surface area contributed by atoms with E-state index in [1.807, 2.05) is 54.6 Å². The van der Waals surface area contributed by atoms with Crippen molar-refractivity contribution in [3.63, 3.8) is 0 Å². The van der Waals surface area contributed by atoms with Gasteiger partial charge in [-0.2, -0.15) is 18.3 Å².